The topological polar surface area (TPSA) is 44.8 Å². The fourth-order valence-corrected chi connectivity index (χ4v) is 0.930. The Morgan fingerprint density at radius 3 is 2.36 bits per heavy atom. The van der Waals surface area contributed by atoms with Crippen LogP contribution in [0.2, 0.25) is 0 Å². The quantitative estimate of drug-likeness (QED) is 0.588. The second-order valence-corrected chi connectivity index (χ2v) is 3.00. The molecule has 0 aliphatic carbocycles. The summed E-state index contributed by atoms with van der Waals surface area (Å²) in [6.45, 7) is 8.79. The molecule has 0 amide bonds. The van der Waals surface area contributed by atoms with Gasteiger partial charge in [0.1, 0.15) is 6.10 Å². The molecule has 14 heavy (non-hydrogen) atoms. The molecule has 0 saturated carbocycles. The Morgan fingerprint density at radius 1 is 1.21 bits per heavy atom. The summed E-state index contributed by atoms with van der Waals surface area (Å²) < 4.78 is 15.3. The first-order valence-corrected chi connectivity index (χ1v) is 5.01. The van der Waals surface area contributed by atoms with E-state index in [1.165, 1.54) is 0 Å². The first kappa shape index (κ1) is 13.4. The zero-order chi connectivity index (χ0) is 11.0. The van der Waals surface area contributed by atoms with Crippen molar-refractivity contribution in [2.45, 2.75) is 39.9 Å². The second kappa shape index (κ2) is 7.76. The van der Waals surface area contributed by atoms with E-state index in [2.05, 4.69) is 0 Å². The summed E-state index contributed by atoms with van der Waals surface area (Å²) in [7, 11) is 0. The molecule has 0 rings (SSSR count). The van der Waals surface area contributed by atoms with Gasteiger partial charge in [-0.15, -0.1) is 0 Å². The van der Waals surface area contributed by atoms with E-state index in [1.807, 2.05) is 13.8 Å². The fourth-order valence-electron chi connectivity index (χ4n) is 0.930. The van der Waals surface area contributed by atoms with Gasteiger partial charge in [-0.05, 0) is 27.7 Å². The number of ether oxygens (including phenoxy) is 3. The van der Waals surface area contributed by atoms with Gasteiger partial charge in [-0.3, -0.25) is 0 Å². The molecule has 0 aliphatic heterocycles. The summed E-state index contributed by atoms with van der Waals surface area (Å²) in [6.07, 6.45) is -0.713. The molecule has 0 aromatic carbocycles. The van der Waals surface area contributed by atoms with E-state index in [-0.39, 0.29) is 12.1 Å². The summed E-state index contributed by atoms with van der Waals surface area (Å²) in [6, 6.07) is 0. The van der Waals surface area contributed by atoms with E-state index in [9.17, 15) is 4.79 Å². The Kier molecular flexibility index (Phi) is 7.42. The van der Waals surface area contributed by atoms with Crippen LogP contribution in [0.25, 0.3) is 0 Å². The number of esters is 1. The number of carbonyl (C=O) groups is 1. The van der Waals surface area contributed by atoms with Crippen LogP contribution in [0.4, 0.5) is 0 Å². The molecule has 84 valence electrons. The Balaban J connectivity index is 3.69. The molecule has 0 saturated heterocycles. The van der Waals surface area contributed by atoms with E-state index < -0.39 is 6.10 Å². The number of hydrogen-bond acceptors (Lipinski definition) is 4. The molecular formula is C10H20O4. The Bertz CT molecular complexity index is 158. The SMILES string of the molecule is CCOCC(C)OC(=O)C(C)OCC. The van der Waals surface area contributed by atoms with Crippen molar-refractivity contribution < 1.29 is 19.0 Å². The minimum absolute atomic E-state index is 0.217. The molecule has 0 aromatic heterocycles. The van der Waals surface area contributed by atoms with Crippen LogP contribution in [0.3, 0.4) is 0 Å². The predicted octanol–water partition coefficient (Wildman–Crippen LogP) is 1.38. The van der Waals surface area contributed by atoms with Gasteiger partial charge in [0.15, 0.2) is 6.10 Å². The highest BCUT2D eigenvalue weighted by Crippen LogP contribution is 1.99. The lowest BCUT2D eigenvalue weighted by Gasteiger charge is -2.16. The highest BCUT2D eigenvalue weighted by Gasteiger charge is 2.17. The lowest BCUT2D eigenvalue weighted by atomic mass is 10.4. The third-order valence-electron chi connectivity index (χ3n) is 1.62. The second-order valence-electron chi connectivity index (χ2n) is 3.00. The lowest BCUT2D eigenvalue weighted by molar-refractivity contribution is -0.163. The van der Waals surface area contributed by atoms with Crippen LogP contribution in [0.1, 0.15) is 27.7 Å². The number of hydrogen-bond donors (Lipinski definition) is 0. The van der Waals surface area contributed by atoms with E-state index in [4.69, 9.17) is 14.2 Å². The highest BCUT2D eigenvalue weighted by atomic mass is 16.6. The molecule has 0 aliphatic rings. The van der Waals surface area contributed by atoms with Crippen molar-refractivity contribution in [3.05, 3.63) is 0 Å². The number of carbonyl (C=O) groups excluding carboxylic acids is 1. The van der Waals surface area contributed by atoms with Gasteiger partial charge in [-0.1, -0.05) is 0 Å². The summed E-state index contributed by atoms with van der Waals surface area (Å²) in [5, 5.41) is 0. The zero-order valence-electron chi connectivity index (χ0n) is 9.41. The maximum absolute atomic E-state index is 11.3. The van der Waals surface area contributed by atoms with Crippen molar-refractivity contribution in [1.29, 1.82) is 0 Å². The third kappa shape index (κ3) is 5.94. The van der Waals surface area contributed by atoms with E-state index in [0.29, 0.717) is 19.8 Å². The molecule has 4 nitrogen and oxygen atoms in total. The first-order chi connectivity index (χ1) is 6.61. The van der Waals surface area contributed by atoms with Crippen molar-refractivity contribution in [3.8, 4) is 0 Å². The van der Waals surface area contributed by atoms with E-state index in [1.54, 1.807) is 13.8 Å². The van der Waals surface area contributed by atoms with Crippen molar-refractivity contribution >= 4 is 5.97 Å². The molecule has 0 aromatic rings. The van der Waals surface area contributed by atoms with Gasteiger partial charge >= 0.3 is 5.97 Å². The van der Waals surface area contributed by atoms with Crippen LogP contribution in [-0.2, 0) is 19.0 Å². The van der Waals surface area contributed by atoms with Crippen LogP contribution in [-0.4, -0.2) is 38.0 Å². The van der Waals surface area contributed by atoms with Gasteiger partial charge in [0.2, 0.25) is 0 Å². The average molecular weight is 204 g/mol. The van der Waals surface area contributed by atoms with Crippen LogP contribution >= 0.6 is 0 Å². The average Bonchev–Trinajstić information content (AvgIpc) is 2.15. The van der Waals surface area contributed by atoms with E-state index in [0.717, 1.165) is 0 Å². The summed E-state index contributed by atoms with van der Waals surface area (Å²) >= 11 is 0. The van der Waals surface area contributed by atoms with Crippen molar-refractivity contribution in [2.75, 3.05) is 19.8 Å². The maximum Gasteiger partial charge on any atom is 0.335 e. The number of rotatable bonds is 7. The Labute approximate surface area is 85.5 Å². The minimum atomic E-state index is -0.496. The highest BCUT2D eigenvalue weighted by molar-refractivity contribution is 5.74. The van der Waals surface area contributed by atoms with Gasteiger partial charge in [-0.2, -0.15) is 0 Å². The van der Waals surface area contributed by atoms with Gasteiger partial charge in [0, 0.05) is 13.2 Å². The normalized spacial score (nSPS) is 14.9. The summed E-state index contributed by atoms with van der Waals surface area (Å²) in [4.78, 5) is 11.3. The summed E-state index contributed by atoms with van der Waals surface area (Å²) in [5.74, 6) is -0.334. The first-order valence-electron chi connectivity index (χ1n) is 5.01. The molecule has 4 heteroatoms. The molecule has 0 heterocycles. The van der Waals surface area contributed by atoms with Crippen LogP contribution in [0.5, 0.6) is 0 Å². The minimum Gasteiger partial charge on any atom is -0.458 e. The maximum atomic E-state index is 11.3. The lowest BCUT2D eigenvalue weighted by Crippen LogP contribution is -2.29. The van der Waals surface area contributed by atoms with Crippen LogP contribution in [0.15, 0.2) is 0 Å². The molecule has 0 radical (unpaired) electrons. The van der Waals surface area contributed by atoms with Gasteiger partial charge < -0.3 is 14.2 Å². The van der Waals surface area contributed by atoms with Crippen molar-refractivity contribution in [3.63, 3.8) is 0 Å². The van der Waals surface area contributed by atoms with Gasteiger partial charge in [0.25, 0.3) is 0 Å². The monoisotopic (exact) mass is 204 g/mol. The van der Waals surface area contributed by atoms with Crippen LogP contribution < -0.4 is 0 Å². The Morgan fingerprint density at radius 2 is 1.86 bits per heavy atom. The standard InChI is InChI=1S/C10H20O4/c1-5-12-7-8(3)14-10(11)9(4)13-6-2/h8-9H,5-7H2,1-4H3. The fraction of sp³-hybridized carbons (Fsp3) is 0.900. The smallest absolute Gasteiger partial charge is 0.335 e. The third-order valence-corrected chi connectivity index (χ3v) is 1.62. The van der Waals surface area contributed by atoms with E-state index >= 15 is 0 Å². The summed E-state index contributed by atoms with van der Waals surface area (Å²) in [5.41, 5.74) is 0. The zero-order valence-corrected chi connectivity index (χ0v) is 9.41. The molecule has 0 bridgehead atoms. The Hall–Kier alpha value is -0.610. The molecule has 0 spiro atoms. The molecule has 2 atom stereocenters. The molecule has 2 unspecified atom stereocenters. The van der Waals surface area contributed by atoms with Gasteiger partial charge in [0.05, 0.1) is 6.61 Å². The largest absolute Gasteiger partial charge is 0.458 e. The van der Waals surface area contributed by atoms with Gasteiger partial charge in [-0.25, -0.2) is 4.79 Å². The van der Waals surface area contributed by atoms with Crippen molar-refractivity contribution in [2.24, 2.45) is 0 Å². The van der Waals surface area contributed by atoms with Crippen LogP contribution in [0, 0.1) is 0 Å². The van der Waals surface area contributed by atoms with Crippen molar-refractivity contribution in [1.82, 2.24) is 0 Å². The molecular weight excluding hydrogens is 184 g/mol. The molecule has 0 N–H and O–H groups in total. The predicted molar refractivity (Wildman–Crippen MR) is 53.1 cm³/mol. The molecule has 0 fully saturated rings.